The Morgan fingerprint density at radius 3 is 1.73 bits per heavy atom. The summed E-state index contributed by atoms with van der Waals surface area (Å²) in [5.41, 5.74) is 16.7. The van der Waals surface area contributed by atoms with E-state index in [9.17, 15) is 8.42 Å². The van der Waals surface area contributed by atoms with Gasteiger partial charge in [-0.05, 0) is 92.5 Å². The summed E-state index contributed by atoms with van der Waals surface area (Å²) in [6, 6.07) is 64.1. The third kappa shape index (κ3) is 5.10. The Hall–Kier alpha value is -8.13. The van der Waals surface area contributed by atoms with E-state index in [4.69, 9.17) is 15.0 Å². The maximum atomic E-state index is 14.9. The molecule has 7 aromatic carbocycles. The maximum Gasteiger partial charge on any atom is 0.208 e. The topological polar surface area (TPSA) is 85.7 Å². The van der Waals surface area contributed by atoms with Crippen molar-refractivity contribution in [3.05, 3.63) is 229 Å². The monoisotopic (exact) mass is 838 g/mol. The molecule has 1 unspecified atom stereocenters. The lowest BCUT2D eigenvalue weighted by Gasteiger charge is -2.35. The van der Waals surface area contributed by atoms with Crippen LogP contribution in [0, 0.1) is 0 Å². The molecular formula is C57H34N4O2S. The van der Waals surface area contributed by atoms with Crippen molar-refractivity contribution in [2.45, 2.75) is 15.2 Å². The fraction of sp³-hybridized carbons (Fsp3) is 0.0175. The summed E-state index contributed by atoms with van der Waals surface area (Å²) < 4.78 is 29.7. The van der Waals surface area contributed by atoms with E-state index in [0.717, 1.165) is 106 Å². The van der Waals surface area contributed by atoms with Crippen molar-refractivity contribution in [1.82, 2.24) is 19.9 Å². The number of rotatable bonds is 4. The molecule has 3 aliphatic rings. The highest BCUT2D eigenvalue weighted by atomic mass is 32.2. The Morgan fingerprint density at radius 2 is 1.00 bits per heavy atom. The lowest BCUT2D eigenvalue weighted by atomic mass is 9.65. The third-order valence-electron chi connectivity index (χ3n) is 13.2. The van der Waals surface area contributed by atoms with Crippen LogP contribution in [0.2, 0.25) is 0 Å². The minimum atomic E-state index is -3.86. The van der Waals surface area contributed by atoms with Crippen molar-refractivity contribution in [1.29, 1.82) is 0 Å². The molecule has 0 saturated carbocycles. The van der Waals surface area contributed by atoms with Crippen molar-refractivity contribution in [3.8, 4) is 89.7 Å². The van der Waals surface area contributed by atoms with E-state index in [1.165, 1.54) is 0 Å². The summed E-state index contributed by atoms with van der Waals surface area (Å²) in [5, 5.41) is 0. The summed E-state index contributed by atoms with van der Waals surface area (Å²) in [5.74, 6) is 0.554. The molecule has 7 heteroatoms. The fourth-order valence-electron chi connectivity index (χ4n) is 10.5. The van der Waals surface area contributed by atoms with Crippen LogP contribution >= 0.6 is 0 Å². The number of fused-ring (bicyclic) bond motifs is 16. The van der Waals surface area contributed by atoms with Gasteiger partial charge < -0.3 is 0 Å². The predicted molar refractivity (Wildman–Crippen MR) is 252 cm³/mol. The van der Waals surface area contributed by atoms with Crippen LogP contribution in [0.3, 0.4) is 0 Å². The van der Waals surface area contributed by atoms with Gasteiger partial charge in [0, 0.05) is 57.5 Å². The Labute approximate surface area is 370 Å². The maximum absolute atomic E-state index is 14.9. The molecule has 13 rings (SSSR count). The molecule has 2 aliphatic carbocycles. The number of aromatic nitrogens is 4. The zero-order valence-corrected chi connectivity index (χ0v) is 35.0. The molecule has 1 spiro atoms. The van der Waals surface area contributed by atoms with Crippen LogP contribution in [-0.4, -0.2) is 28.4 Å². The molecule has 4 heterocycles. The Morgan fingerprint density at radius 1 is 0.391 bits per heavy atom. The molecule has 300 valence electrons. The van der Waals surface area contributed by atoms with Crippen molar-refractivity contribution < 1.29 is 8.42 Å². The van der Waals surface area contributed by atoms with Gasteiger partial charge in [0.2, 0.25) is 9.84 Å². The van der Waals surface area contributed by atoms with E-state index < -0.39 is 15.3 Å². The van der Waals surface area contributed by atoms with Crippen LogP contribution in [0.15, 0.2) is 216 Å². The summed E-state index contributed by atoms with van der Waals surface area (Å²) >= 11 is 0. The largest absolute Gasteiger partial charge is 0.264 e. The van der Waals surface area contributed by atoms with Gasteiger partial charge in [0.15, 0.2) is 5.82 Å². The van der Waals surface area contributed by atoms with Gasteiger partial charge in [-0.1, -0.05) is 146 Å². The van der Waals surface area contributed by atoms with Crippen molar-refractivity contribution in [2.24, 2.45) is 0 Å². The molecule has 3 aromatic heterocycles. The molecule has 0 bridgehead atoms. The van der Waals surface area contributed by atoms with Gasteiger partial charge in [-0.15, -0.1) is 0 Å². The molecular weight excluding hydrogens is 805 g/mol. The third-order valence-corrected chi connectivity index (χ3v) is 15.1. The second-order valence-corrected chi connectivity index (χ2v) is 18.4. The first-order valence-corrected chi connectivity index (χ1v) is 22.8. The minimum Gasteiger partial charge on any atom is -0.264 e. The first-order valence-electron chi connectivity index (χ1n) is 21.3. The Bertz CT molecular complexity index is 3680. The smallest absolute Gasteiger partial charge is 0.208 e. The number of hydrogen-bond donors (Lipinski definition) is 0. The Balaban J connectivity index is 1.10. The summed E-state index contributed by atoms with van der Waals surface area (Å²) in [7, 11) is -3.86. The molecule has 0 fully saturated rings. The minimum absolute atomic E-state index is 0.351. The molecule has 10 aromatic rings. The lowest BCUT2D eigenvalue weighted by Crippen LogP contribution is -2.29. The number of pyridine rings is 2. The van der Waals surface area contributed by atoms with Crippen LogP contribution in [0.5, 0.6) is 0 Å². The van der Waals surface area contributed by atoms with Gasteiger partial charge in [-0.2, -0.15) is 0 Å². The number of sulfone groups is 1. The van der Waals surface area contributed by atoms with Crippen LogP contribution in [-0.2, 0) is 15.3 Å². The van der Waals surface area contributed by atoms with Gasteiger partial charge in [-0.25, -0.2) is 18.4 Å². The predicted octanol–water partition coefficient (Wildman–Crippen LogP) is 12.8. The fourth-order valence-corrected chi connectivity index (χ4v) is 12.4. The van der Waals surface area contributed by atoms with Gasteiger partial charge in [0.1, 0.15) is 0 Å². The summed E-state index contributed by atoms with van der Waals surface area (Å²) in [6.07, 6.45) is 5.39. The highest BCUT2D eigenvalue weighted by Gasteiger charge is 2.52. The SMILES string of the molecule is O=S1(=O)c2ccccc2-c2ccc3c(c21)-c1ccccc1C31c2ccccc2-c2ccccc2-c2ccc(-c3cc(-c4ccccc4)nc(-c4ccc(-c5cccnc5)nc4)n3)cc21. The second kappa shape index (κ2) is 13.7. The highest BCUT2D eigenvalue weighted by molar-refractivity contribution is 7.92. The van der Waals surface area contributed by atoms with Crippen LogP contribution in [0.25, 0.3) is 89.7 Å². The quantitative estimate of drug-likeness (QED) is 0.175. The van der Waals surface area contributed by atoms with Crippen molar-refractivity contribution in [3.63, 3.8) is 0 Å². The van der Waals surface area contributed by atoms with Crippen LogP contribution in [0.4, 0.5) is 0 Å². The number of hydrogen-bond acceptors (Lipinski definition) is 6. The summed E-state index contributed by atoms with van der Waals surface area (Å²) in [6.45, 7) is 0. The van der Waals surface area contributed by atoms with E-state index >= 15 is 0 Å². The van der Waals surface area contributed by atoms with Gasteiger partial charge in [0.05, 0.1) is 32.3 Å². The Kier molecular flexibility index (Phi) is 7.81. The molecule has 0 saturated heterocycles. The molecule has 0 N–H and O–H groups in total. The van der Waals surface area contributed by atoms with E-state index in [2.05, 4.69) is 114 Å². The number of benzene rings is 7. The second-order valence-electron chi connectivity index (χ2n) is 16.5. The first kappa shape index (κ1) is 36.5. The van der Waals surface area contributed by atoms with E-state index in [-0.39, 0.29) is 0 Å². The van der Waals surface area contributed by atoms with Gasteiger partial charge >= 0.3 is 0 Å². The molecule has 1 aliphatic heterocycles. The standard InChI is InChI=1S/C57H34N4O2S/c62-64(63)53-23-11-8-19-43(53)44-27-28-48-54(55(44)64)45-20-7-10-22-47(45)57(48)46-21-9-6-18-41(46)39-16-4-5-17-40(39)42-26-24-36(31-49(42)57)52-32-51(35-13-2-1-3-14-35)60-56(61-52)38-25-29-50(59-34-38)37-15-12-30-58-33-37/h1-34H. The molecule has 1 atom stereocenters. The van der Waals surface area contributed by atoms with Crippen LogP contribution in [0.1, 0.15) is 22.3 Å². The van der Waals surface area contributed by atoms with E-state index in [1.807, 2.05) is 79.0 Å². The lowest BCUT2D eigenvalue weighted by molar-refractivity contribution is 0.599. The normalized spacial score (nSPS) is 15.5. The van der Waals surface area contributed by atoms with Gasteiger partial charge in [0.25, 0.3) is 0 Å². The van der Waals surface area contributed by atoms with Gasteiger partial charge in [-0.3, -0.25) is 9.97 Å². The van der Waals surface area contributed by atoms with Crippen LogP contribution < -0.4 is 0 Å². The zero-order chi connectivity index (χ0) is 42.6. The van der Waals surface area contributed by atoms with E-state index in [1.54, 1.807) is 18.5 Å². The molecule has 64 heavy (non-hydrogen) atoms. The molecule has 0 radical (unpaired) electrons. The average molecular weight is 839 g/mol. The van der Waals surface area contributed by atoms with E-state index in [0.29, 0.717) is 15.6 Å². The summed E-state index contributed by atoms with van der Waals surface area (Å²) in [4.78, 5) is 20.3. The zero-order valence-electron chi connectivity index (χ0n) is 34.1. The first-order chi connectivity index (χ1) is 31.5. The molecule has 6 nitrogen and oxygen atoms in total. The molecule has 0 amide bonds. The highest BCUT2D eigenvalue weighted by Crippen LogP contribution is 2.64. The van der Waals surface area contributed by atoms with Crippen molar-refractivity contribution in [2.75, 3.05) is 0 Å². The van der Waals surface area contributed by atoms with Crippen molar-refractivity contribution >= 4 is 9.84 Å². The average Bonchev–Trinajstić information content (AvgIpc) is 3.75. The number of nitrogens with zero attached hydrogens (tertiary/aromatic N) is 4.